The van der Waals surface area contributed by atoms with E-state index < -0.39 is 0 Å². The third-order valence-corrected chi connectivity index (χ3v) is 3.36. The lowest BCUT2D eigenvalue weighted by atomic mass is 10.2. The van der Waals surface area contributed by atoms with Crippen molar-refractivity contribution in [3.63, 3.8) is 0 Å². The van der Waals surface area contributed by atoms with Gasteiger partial charge in [0, 0.05) is 6.04 Å². The number of terminal acetylenes is 1. The Hall–Kier alpha value is -1.54. The number of nitrogens with zero attached hydrogens (tertiary/aromatic N) is 2. The molecule has 0 spiro atoms. The van der Waals surface area contributed by atoms with Gasteiger partial charge < -0.3 is 5.32 Å². The molecule has 0 unspecified atom stereocenters. The summed E-state index contributed by atoms with van der Waals surface area (Å²) < 4.78 is 1.73. The molecular weight excluding hydrogens is 282 g/mol. The maximum absolute atomic E-state index is 11.9. The molecule has 0 atom stereocenters. The van der Waals surface area contributed by atoms with E-state index in [4.69, 9.17) is 6.42 Å². The van der Waals surface area contributed by atoms with Gasteiger partial charge in [-0.25, -0.2) is 4.68 Å². The van der Waals surface area contributed by atoms with Gasteiger partial charge in [-0.05, 0) is 28.8 Å². The first kappa shape index (κ1) is 11.9. The largest absolute Gasteiger partial charge is 0.379 e. The minimum atomic E-state index is -0.209. The van der Waals surface area contributed by atoms with Gasteiger partial charge >= 0.3 is 0 Å². The topological polar surface area (TPSA) is 46.9 Å². The molecule has 1 aromatic heterocycles. The number of halogens is 1. The summed E-state index contributed by atoms with van der Waals surface area (Å²) in [6.45, 7) is 0.183. The second-order valence-corrected chi connectivity index (χ2v) is 4.62. The van der Waals surface area contributed by atoms with Crippen molar-refractivity contribution in [3.05, 3.63) is 33.2 Å². The summed E-state index contributed by atoms with van der Waals surface area (Å²) in [6, 6.07) is 0.344. The minimum absolute atomic E-state index is 0.183. The molecule has 0 saturated carbocycles. The summed E-state index contributed by atoms with van der Waals surface area (Å²) in [5.41, 5.74) is 0.510. The van der Waals surface area contributed by atoms with E-state index in [1.807, 2.05) is 0 Å². The molecule has 0 amide bonds. The second-order valence-electron chi connectivity index (χ2n) is 3.82. The smallest absolute Gasteiger partial charge is 0.284 e. The molecule has 17 heavy (non-hydrogen) atoms. The predicted molar refractivity (Wildman–Crippen MR) is 70.8 cm³/mol. The number of rotatable bonds is 3. The van der Waals surface area contributed by atoms with Crippen LogP contribution in [-0.2, 0) is 6.54 Å². The fraction of sp³-hybridized carbons (Fsp3) is 0.333. The molecule has 4 nitrogen and oxygen atoms in total. The average Bonchev–Trinajstić information content (AvgIpc) is 2.82. The number of anilines is 1. The van der Waals surface area contributed by atoms with Crippen molar-refractivity contribution in [1.29, 1.82) is 0 Å². The van der Waals surface area contributed by atoms with E-state index in [2.05, 4.69) is 44.4 Å². The van der Waals surface area contributed by atoms with Crippen molar-refractivity contribution in [1.82, 2.24) is 9.78 Å². The Balaban J connectivity index is 2.22. The highest BCUT2D eigenvalue weighted by Crippen LogP contribution is 2.21. The normalized spacial score (nSPS) is 14.8. The maximum atomic E-state index is 11.9. The maximum Gasteiger partial charge on any atom is 0.284 e. The zero-order chi connectivity index (χ0) is 12.3. The lowest BCUT2D eigenvalue weighted by Crippen LogP contribution is -2.25. The first-order valence-electron chi connectivity index (χ1n) is 5.33. The Morgan fingerprint density at radius 1 is 1.59 bits per heavy atom. The third-order valence-electron chi connectivity index (χ3n) is 2.59. The molecule has 1 aliphatic carbocycles. The Morgan fingerprint density at radius 3 is 2.94 bits per heavy atom. The highest BCUT2D eigenvalue weighted by Gasteiger charge is 2.14. The van der Waals surface area contributed by atoms with Crippen LogP contribution in [0.1, 0.15) is 12.8 Å². The fourth-order valence-corrected chi connectivity index (χ4v) is 2.14. The molecule has 5 heteroatoms. The average molecular weight is 294 g/mol. The van der Waals surface area contributed by atoms with E-state index in [1.165, 1.54) is 4.68 Å². The van der Waals surface area contributed by atoms with Gasteiger partial charge in [0.2, 0.25) is 0 Å². The molecule has 0 aromatic carbocycles. The molecule has 2 rings (SSSR count). The highest BCUT2D eigenvalue weighted by molar-refractivity contribution is 9.10. The van der Waals surface area contributed by atoms with E-state index >= 15 is 0 Å². The van der Waals surface area contributed by atoms with Gasteiger partial charge in [-0.1, -0.05) is 18.1 Å². The van der Waals surface area contributed by atoms with Crippen molar-refractivity contribution >= 4 is 21.6 Å². The van der Waals surface area contributed by atoms with Crippen molar-refractivity contribution in [2.24, 2.45) is 0 Å². The molecule has 1 N–H and O–H groups in total. The summed E-state index contributed by atoms with van der Waals surface area (Å²) in [5, 5.41) is 7.30. The summed E-state index contributed by atoms with van der Waals surface area (Å²) in [5.74, 6) is 2.39. The van der Waals surface area contributed by atoms with Gasteiger partial charge in [0.15, 0.2) is 0 Å². The van der Waals surface area contributed by atoms with Gasteiger partial charge in [0.05, 0.1) is 11.9 Å². The Labute approximate surface area is 108 Å². The van der Waals surface area contributed by atoms with Crippen LogP contribution >= 0.6 is 15.9 Å². The molecule has 0 aliphatic heterocycles. The van der Waals surface area contributed by atoms with Gasteiger partial charge in [-0.15, -0.1) is 6.42 Å². The minimum Gasteiger partial charge on any atom is -0.379 e. The van der Waals surface area contributed by atoms with Crippen LogP contribution in [0, 0.1) is 12.3 Å². The lowest BCUT2D eigenvalue weighted by molar-refractivity contribution is 0.657. The van der Waals surface area contributed by atoms with Gasteiger partial charge in [-0.3, -0.25) is 4.79 Å². The predicted octanol–water partition coefficient (Wildman–Crippen LogP) is 1.77. The molecule has 0 bridgehead atoms. The molecule has 0 fully saturated rings. The summed E-state index contributed by atoms with van der Waals surface area (Å²) in [4.78, 5) is 11.9. The van der Waals surface area contributed by atoms with E-state index in [-0.39, 0.29) is 12.1 Å². The van der Waals surface area contributed by atoms with Crippen LogP contribution in [-0.4, -0.2) is 15.8 Å². The van der Waals surface area contributed by atoms with Crippen LogP contribution in [0.3, 0.4) is 0 Å². The molecule has 88 valence electrons. The number of hydrogen-bond donors (Lipinski definition) is 1. The van der Waals surface area contributed by atoms with Gasteiger partial charge in [0.25, 0.3) is 5.56 Å². The Morgan fingerprint density at radius 2 is 2.29 bits per heavy atom. The number of nitrogens with one attached hydrogen (secondary N) is 1. The molecule has 1 aromatic rings. The highest BCUT2D eigenvalue weighted by atomic mass is 79.9. The van der Waals surface area contributed by atoms with Crippen LogP contribution in [0.25, 0.3) is 0 Å². The van der Waals surface area contributed by atoms with Crippen molar-refractivity contribution in [2.45, 2.75) is 25.4 Å². The molecule has 0 saturated heterocycles. The third kappa shape index (κ3) is 2.59. The van der Waals surface area contributed by atoms with Crippen LogP contribution in [0.2, 0.25) is 0 Å². The number of hydrogen-bond acceptors (Lipinski definition) is 3. The van der Waals surface area contributed by atoms with E-state index in [9.17, 15) is 4.79 Å². The van der Waals surface area contributed by atoms with Gasteiger partial charge in [-0.2, -0.15) is 5.10 Å². The second kappa shape index (κ2) is 5.19. The standard InChI is InChI=1S/C12H12BrN3O/c1-2-7-16-12(17)11(13)10(8-14-16)15-9-5-3-4-6-9/h1,3-4,8-9,15H,5-7H2. The van der Waals surface area contributed by atoms with Crippen molar-refractivity contribution in [3.8, 4) is 12.3 Å². The fourth-order valence-electron chi connectivity index (χ4n) is 1.72. The molecule has 1 heterocycles. The first-order chi connectivity index (χ1) is 8.22. The Kier molecular flexibility index (Phi) is 3.64. The van der Waals surface area contributed by atoms with Crippen molar-refractivity contribution in [2.75, 3.05) is 5.32 Å². The van der Waals surface area contributed by atoms with E-state index in [0.29, 0.717) is 10.5 Å². The monoisotopic (exact) mass is 293 g/mol. The summed E-state index contributed by atoms with van der Waals surface area (Å²) >= 11 is 3.28. The summed E-state index contributed by atoms with van der Waals surface area (Å²) in [6.07, 6.45) is 13.0. The van der Waals surface area contributed by atoms with E-state index in [1.54, 1.807) is 6.20 Å². The zero-order valence-electron chi connectivity index (χ0n) is 9.19. The van der Waals surface area contributed by atoms with Crippen LogP contribution in [0.5, 0.6) is 0 Å². The van der Waals surface area contributed by atoms with Crippen LogP contribution in [0.15, 0.2) is 27.6 Å². The first-order valence-corrected chi connectivity index (χ1v) is 6.12. The number of aromatic nitrogens is 2. The molecular formula is C12H12BrN3O. The lowest BCUT2D eigenvalue weighted by Gasteiger charge is -2.14. The van der Waals surface area contributed by atoms with Crippen LogP contribution < -0.4 is 10.9 Å². The quantitative estimate of drug-likeness (QED) is 0.682. The SMILES string of the molecule is C#CCn1ncc(NC2CC=CC2)c(Br)c1=O. The molecule has 1 aliphatic rings. The summed E-state index contributed by atoms with van der Waals surface area (Å²) in [7, 11) is 0. The molecule has 0 radical (unpaired) electrons. The van der Waals surface area contributed by atoms with Gasteiger partial charge in [0.1, 0.15) is 11.0 Å². The van der Waals surface area contributed by atoms with E-state index in [0.717, 1.165) is 18.5 Å². The van der Waals surface area contributed by atoms with Crippen LogP contribution in [0.4, 0.5) is 5.69 Å². The van der Waals surface area contributed by atoms with Crippen molar-refractivity contribution < 1.29 is 0 Å². The Bertz CT molecular complexity index is 534. The zero-order valence-corrected chi connectivity index (χ0v) is 10.8.